The van der Waals surface area contributed by atoms with Gasteiger partial charge in [0.2, 0.25) is 10.0 Å². The number of hydrogen-bond acceptors (Lipinski definition) is 3. The molecule has 2 aliphatic carbocycles. The van der Waals surface area contributed by atoms with Crippen LogP contribution in [0.4, 0.5) is 0 Å². The van der Waals surface area contributed by atoms with Gasteiger partial charge < -0.3 is 0 Å². The van der Waals surface area contributed by atoms with Crippen LogP contribution < -0.4 is 4.72 Å². The van der Waals surface area contributed by atoms with Crippen molar-refractivity contribution in [3.63, 3.8) is 0 Å². The first kappa shape index (κ1) is 16.6. The van der Waals surface area contributed by atoms with Crippen LogP contribution in [0.1, 0.15) is 48.8 Å². The van der Waals surface area contributed by atoms with E-state index in [1.165, 1.54) is 23.1 Å². The van der Waals surface area contributed by atoms with E-state index in [-0.39, 0.29) is 11.3 Å². The Morgan fingerprint density at radius 3 is 2.62 bits per heavy atom. The topological polar surface area (TPSA) is 49.4 Å². The van der Waals surface area contributed by atoms with Crippen molar-refractivity contribution in [1.82, 2.24) is 9.62 Å². The minimum Gasteiger partial charge on any atom is -0.299 e. The van der Waals surface area contributed by atoms with Crippen molar-refractivity contribution in [3.05, 3.63) is 34.9 Å². The molecule has 0 atom stereocenters. The summed E-state index contributed by atoms with van der Waals surface area (Å²) >= 11 is 0. The number of nitrogens with zero attached hydrogens (tertiary/aromatic N) is 1. The van der Waals surface area contributed by atoms with Crippen LogP contribution in [0.25, 0.3) is 0 Å². The third kappa shape index (κ3) is 3.26. The Morgan fingerprint density at radius 1 is 1.21 bits per heavy atom. The minimum atomic E-state index is -3.03. The van der Waals surface area contributed by atoms with Crippen molar-refractivity contribution < 1.29 is 8.42 Å². The highest BCUT2D eigenvalue weighted by atomic mass is 32.2. The second-order valence-corrected chi connectivity index (χ2v) is 10.3. The van der Waals surface area contributed by atoms with Crippen LogP contribution in [-0.4, -0.2) is 37.7 Å². The summed E-state index contributed by atoms with van der Waals surface area (Å²) in [5.74, 6) is 0. The second kappa shape index (κ2) is 5.82. The molecule has 1 saturated heterocycles. The summed E-state index contributed by atoms with van der Waals surface area (Å²) in [6, 6.07) is 6.92. The standard InChI is InChI=1S/C19H28N2O2S/c1-14-3-4-16(9-15(14)2)12-21-8-7-19(13-21)10-17(11-19)20-24(22,23)18-5-6-18/h3-4,9,17-18,20H,5-8,10-13H2,1-2H3. The molecule has 1 aromatic rings. The van der Waals surface area contributed by atoms with Crippen LogP contribution in [0.15, 0.2) is 18.2 Å². The summed E-state index contributed by atoms with van der Waals surface area (Å²) in [5.41, 5.74) is 4.46. The minimum absolute atomic E-state index is 0.0982. The van der Waals surface area contributed by atoms with Gasteiger partial charge in [-0.2, -0.15) is 0 Å². The number of aryl methyl sites for hydroxylation is 2. The van der Waals surface area contributed by atoms with Gasteiger partial charge in [0, 0.05) is 19.1 Å². The highest BCUT2D eigenvalue weighted by Crippen LogP contribution is 2.49. The van der Waals surface area contributed by atoms with E-state index in [1.54, 1.807) is 0 Å². The molecule has 4 rings (SSSR count). The quantitative estimate of drug-likeness (QED) is 0.890. The Kier molecular flexibility index (Phi) is 4.01. The SMILES string of the molecule is Cc1ccc(CN2CCC3(CC(NS(=O)(=O)C4CC4)C3)C2)cc1C. The molecule has 3 aliphatic rings. The van der Waals surface area contributed by atoms with E-state index >= 15 is 0 Å². The zero-order valence-corrected chi connectivity index (χ0v) is 15.5. The Bertz CT molecular complexity index is 734. The van der Waals surface area contributed by atoms with Gasteiger partial charge in [-0.15, -0.1) is 0 Å². The summed E-state index contributed by atoms with van der Waals surface area (Å²) in [4.78, 5) is 2.54. The molecule has 0 radical (unpaired) electrons. The van der Waals surface area contributed by atoms with Gasteiger partial charge in [0.05, 0.1) is 5.25 Å². The maximum atomic E-state index is 12.0. The Morgan fingerprint density at radius 2 is 1.96 bits per heavy atom. The Hall–Kier alpha value is -0.910. The molecule has 1 aromatic carbocycles. The fourth-order valence-corrected chi connectivity index (χ4v) is 6.01. The molecule has 0 aromatic heterocycles. The van der Waals surface area contributed by atoms with Crippen LogP contribution in [0, 0.1) is 19.3 Å². The first-order valence-corrected chi connectivity index (χ1v) is 10.7. The largest absolute Gasteiger partial charge is 0.299 e. The molecule has 1 spiro atoms. The first-order valence-electron chi connectivity index (χ1n) is 9.15. The number of sulfonamides is 1. The lowest BCUT2D eigenvalue weighted by atomic mass is 9.65. The molecule has 4 nitrogen and oxygen atoms in total. The summed E-state index contributed by atoms with van der Waals surface area (Å²) in [6.45, 7) is 7.59. The average molecular weight is 349 g/mol. The predicted molar refractivity (Wildman–Crippen MR) is 96.3 cm³/mol. The van der Waals surface area contributed by atoms with Gasteiger partial charge in [-0.1, -0.05) is 18.2 Å². The van der Waals surface area contributed by atoms with Gasteiger partial charge in [-0.05, 0) is 74.6 Å². The molecule has 24 heavy (non-hydrogen) atoms. The lowest BCUT2D eigenvalue weighted by Crippen LogP contribution is -2.52. The van der Waals surface area contributed by atoms with Crippen LogP contribution in [0.3, 0.4) is 0 Å². The molecule has 5 heteroatoms. The fraction of sp³-hybridized carbons (Fsp3) is 0.684. The highest BCUT2D eigenvalue weighted by molar-refractivity contribution is 7.90. The Labute approximate surface area is 145 Å². The fourth-order valence-electron chi connectivity index (χ4n) is 4.43. The van der Waals surface area contributed by atoms with Gasteiger partial charge in [-0.25, -0.2) is 13.1 Å². The number of rotatable bonds is 5. The van der Waals surface area contributed by atoms with E-state index in [2.05, 4.69) is 41.7 Å². The number of likely N-dealkylation sites (tertiary alicyclic amines) is 1. The summed E-state index contributed by atoms with van der Waals surface area (Å²) in [5, 5.41) is -0.0982. The molecule has 0 bridgehead atoms. The van der Waals surface area contributed by atoms with Gasteiger partial charge in [0.15, 0.2) is 0 Å². The van der Waals surface area contributed by atoms with E-state index < -0.39 is 10.0 Å². The maximum Gasteiger partial charge on any atom is 0.214 e. The normalized spacial score (nSPS) is 30.7. The molecule has 3 fully saturated rings. The van der Waals surface area contributed by atoms with E-state index in [1.807, 2.05) is 0 Å². The molecule has 132 valence electrons. The smallest absolute Gasteiger partial charge is 0.214 e. The molecule has 1 heterocycles. The zero-order chi connectivity index (χ0) is 16.9. The van der Waals surface area contributed by atoms with Crippen molar-refractivity contribution in [2.24, 2.45) is 5.41 Å². The van der Waals surface area contributed by atoms with Crippen LogP contribution >= 0.6 is 0 Å². The lowest BCUT2D eigenvalue weighted by Gasteiger charge is -2.45. The van der Waals surface area contributed by atoms with Crippen LogP contribution in [-0.2, 0) is 16.6 Å². The first-order chi connectivity index (χ1) is 11.4. The summed E-state index contributed by atoms with van der Waals surface area (Å²) < 4.78 is 27.0. The maximum absolute atomic E-state index is 12.0. The van der Waals surface area contributed by atoms with Crippen molar-refractivity contribution in [1.29, 1.82) is 0 Å². The van der Waals surface area contributed by atoms with Crippen LogP contribution in [0.5, 0.6) is 0 Å². The van der Waals surface area contributed by atoms with E-state index in [9.17, 15) is 8.42 Å². The molecular formula is C19H28N2O2S. The lowest BCUT2D eigenvalue weighted by molar-refractivity contribution is 0.101. The highest BCUT2D eigenvalue weighted by Gasteiger charge is 2.50. The van der Waals surface area contributed by atoms with E-state index in [0.717, 1.165) is 45.3 Å². The van der Waals surface area contributed by atoms with E-state index in [0.29, 0.717) is 5.41 Å². The zero-order valence-electron chi connectivity index (χ0n) is 14.7. The molecular weight excluding hydrogens is 320 g/mol. The number of hydrogen-bond donors (Lipinski definition) is 1. The average Bonchev–Trinajstić information content (AvgIpc) is 3.26. The van der Waals surface area contributed by atoms with Gasteiger partial charge >= 0.3 is 0 Å². The number of benzene rings is 1. The second-order valence-electron chi connectivity index (χ2n) is 8.35. The van der Waals surface area contributed by atoms with Gasteiger partial charge in [0.25, 0.3) is 0 Å². The molecule has 0 unspecified atom stereocenters. The van der Waals surface area contributed by atoms with Gasteiger partial charge in [-0.3, -0.25) is 4.90 Å². The Balaban J connectivity index is 1.30. The van der Waals surface area contributed by atoms with Crippen molar-refractivity contribution in [2.45, 2.75) is 63.8 Å². The molecule has 0 amide bonds. The molecule has 1 N–H and O–H groups in total. The van der Waals surface area contributed by atoms with Crippen molar-refractivity contribution >= 4 is 10.0 Å². The van der Waals surface area contributed by atoms with Crippen LogP contribution in [0.2, 0.25) is 0 Å². The van der Waals surface area contributed by atoms with Crippen molar-refractivity contribution in [3.8, 4) is 0 Å². The summed E-state index contributed by atoms with van der Waals surface area (Å²) in [7, 11) is -3.03. The number of nitrogens with one attached hydrogen (secondary N) is 1. The third-order valence-corrected chi connectivity index (χ3v) is 8.16. The molecule has 1 aliphatic heterocycles. The van der Waals surface area contributed by atoms with Gasteiger partial charge in [0.1, 0.15) is 0 Å². The summed E-state index contributed by atoms with van der Waals surface area (Å²) in [6.07, 6.45) is 4.93. The molecule has 2 saturated carbocycles. The monoisotopic (exact) mass is 348 g/mol. The van der Waals surface area contributed by atoms with Crippen molar-refractivity contribution in [2.75, 3.05) is 13.1 Å². The third-order valence-electron chi connectivity index (χ3n) is 6.15. The van der Waals surface area contributed by atoms with E-state index in [4.69, 9.17) is 0 Å². The predicted octanol–water partition coefficient (Wildman–Crippen LogP) is 2.74.